The summed E-state index contributed by atoms with van der Waals surface area (Å²) in [5.41, 5.74) is 3.61. The van der Waals surface area contributed by atoms with Gasteiger partial charge >= 0.3 is 0 Å². The van der Waals surface area contributed by atoms with Crippen molar-refractivity contribution in [2.45, 2.75) is 20.4 Å². The third-order valence-corrected chi connectivity index (χ3v) is 4.44. The van der Waals surface area contributed by atoms with E-state index in [0.717, 1.165) is 18.7 Å². The van der Waals surface area contributed by atoms with Crippen molar-refractivity contribution in [2.24, 2.45) is 0 Å². The van der Waals surface area contributed by atoms with Gasteiger partial charge in [-0.05, 0) is 75.5 Å². The lowest BCUT2D eigenvalue weighted by Crippen LogP contribution is -2.21. The number of hydrogen-bond acceptors (Lipinski definition) is 2. The van der Waals surface area contributed by atoms with Gasteiger partial charge in [0.15, 0.2) is 0 Å². The Bertz CT molecular complexity index is 573. The van der Waals surface area contributed by atoms with E-state index in [-0.39, 0.29) is 5.75 Å². The molecule has 0 radical (unpaired) electrons. The average molecular weight is 399 g/mol. The molecule has 0 aromatic heterocycles. The molecule has 2 aromatic rings. The molecule has 0 bridgehead atoms. The molecular weight excluding hydrogens is 382 g/mol. The van der Waals surface area contributed by atoms with Crippen LogP contribution in [0.25, 0.3) is 0 Å². The van der Waals surface area contributed by atoms with Gasteiger partial charge in [0.25, 0.3) is 0 Å². The summed E-state index contributed by atoms with van der Waals surface area (Å²) in [6.45, 7) is 5.97. The minimum Gasteiger partial charge on any atom is -0.506 e. The van der Waals surface area contributed by atoms with E-state index in [1.54, 1.807) is 0 Å². The SMILES string of the molecule is CCN(Cc1cc(Br)c(O)c(Br)c1)c1ccc(C)cc1. The first-order chi connectivity index (χ1) is 9.51. The first kappa shape index (κ1) is 15.4. The first-order valence-electron chi connectivity index (χ1n) is 6.49. The number of nitrogens with zero attached hydrogens (tertiary/aromatic N) is 1. The molecule has 0 fully saturated rings. The van der Waals surface area contributed by atoms with Crippen molar-refractivity contribution in [1.82, 2.24) is 0 Å². The molecule has 0 aliphatic carbocycles. The van der Waals surface area contributed by atoms with Gasteiger partial charge < -0.3 is 10.0 Å². The van der Waals surface area contributed by atoms with Gasteiger partial charge in [-0.2, -0.15) is 0 Å². The average Bonchev–Trinajstić information content (AvgIpc) is 2.43. The topological polar surface area (TPSA) is 23.5 Å². The Morgan fingerprint density at radius 3 is 2.10 bits per heavy atom. The fourth-order valence-electron chi connectivity index (χ4n) is 2.07. The summed E-state index contributed by atoms with van der Waals surface area (Å²) in [5, 5.41) is 9.76. The lowest BCUT2D eigenvalue weighted by Gasteiger charge is -2.24. The number of benzene rings is 2. The molecule has 0 aliphatic rings. The third kappa shape index (κ3) is 3.55. The van der Waals surface area contributed by atoms with E-state index in [2.05, 4.69) is 74.9 Å². The molecule has 0 unspecified atom stereocenters. The van der Waals surface area contributed by atoms with Crippen LogP contribution in [0, 0.1) is 6.92 Å². The Labute approximate surface area is 136 Å². The highest BCUT2D eigenvalue weighted by molar-refractivity contribution is 9.11. The van der Waals surface area contributed by atoms with Crippen molar-refractivity contribution < 1.29 is 5.11 Å². The number of aromatic hydroxyl groups is 1. The Kier molecular flexibility index (Phi) is 5.11. The predicted molar refractivity (Wildman–Crippen MR) is 91.4 cm³/mol. The minimum atomic E-state index is 0.243. The van der Waals surface area contributed by atoms with Crippen molar-refractivity contribution in [3.63, 3.8) is 0 Å². The second-order valence-corrected chi connectivity index (χ2v) is 6.47. The Hall–Kier alpha value is -1.00. The lowest BCUT2D eigenvalue weighted by atomic mass is 10.1. The summed E-state index contributed by atoms with van der Waals surface area (Å²) >= 11 is 6.75. The summed E-state index contributed by atoms with van der Waals surface area (Å²) in [4.78, 5) is 2.30. The summed E-state index contributed by atoms with van der Waals surface area (Å²) < 4.78 is 1.42. The van der Waals surface area contributed by atoms with Gasteiger partial charge in [-0.3, -0.25) is 0 Å². The van der Waals surface area contributed by atoms with Crippen molar-refractivity contribution in [3.05, 3.63) is 56.5 Å². The fourth-order valence-corrected chi connectivity index (χ4v) is 3.35. The Morgan fingerprint density at radius 2 is 1.60 bits per heavy atom. The molecule has 0 amide bonds. The van der Waals surface area contributed by atoms with Gasteiger partial charge in [0.2, 0.25) is 0 Å². The predicted octanol–water partition coefficient (Wildman–Crippen LogP) is 5.25. The fraction of sp³-hybridized carbons (Fsp3) is 0.250. The maximum Gasteiger partial charge on any atom is 0.143 e. The monoisotopic (exact) mass is 397 g/mol. The lowest BCUT2D eigenvalue weighted by molar-refractivity contribution is 0.468. The highest BCUT2D eigenvalue weighted by Crippen LogP contribution is 2.34. The number of phenols is 1. The van der Waals surface area contributed by atoms with E-state index in [1.165, 1.54) is 11.3 Å². The molecule has 0 saturated carbocycles. The van der Waals surface area contributed by atoms with Crippen molar-refractivity contribution in [1.29, 1.82) is 0 Å². The summed E-state index contributed by atoms with van der Waals surface area (Å²) in [5.74, 6) is 0.243. The van der Waals surface area contributed by atoms with Crippen LogP contribution < -0.4 is 4.90 Å². The largest absolute Gasteiger partial charge is 0.506 e. The number of phenolic OH excluding ortho intramolecular Hbond substituents is 1. The van der Waals surface area contributed by atoms with E-state index in [4.69, 9.17) is 0 Å². The first-order valence-corrected chi connectivity index (χ1v) is 8.08. The van der Waals surface area contributed by atoms with Crippen LogP contribution in [0.2, 0.25) is 0 Å². The van der Waals surface area contributed by atoms with Gasteiger partial charge in [-0.1, -0.05) is 17.7 Å². The van der Waals surface area contributed by atoms with Gasteiger partial charge in [0, 0.05) is 18.8 Å². The van der Waals surface area contributed by atoms with Crippen LogP contribution in [0.15, 0.2) is 45.3 Å². The van der Waals surface area contributed by atoms with Crippen LogP contribution in [-0.2, 0) is 6.54 Å². The summed E-state index contributed by atoms with van der Waals surface area (Å²) in [6.07, 6.45) is 0. The zero-order valence-corrected chi connectivity index (χ0v) is 14.7. The van der Waals surface area contributed by atoms with Gasteiger partial charge in [0.1, 0.15) is 5.75 Å². The van der Waals surface area contributed by atoms with Crippen molar-refractivity contribution >= 4 is 37.5 Å². The van der Waals surface area contributed by atoms with Crippen LogP contribution in [0.1, 0.15) is 18.1 Å². The normalized spacial score (nSPS) is 10.6. The van der Waals surface area contributed by atoms with E-state index >= 15 is 0 Å². The van der Waals surface area contributed by atoms with Crippen LogP contribution in [0.5, 0.6) is 5.75 Å². The zero-order chi connectivity index (χ0) is 14.7. The smallest absolute Gasteiger partial charge is 0.143 e. The van der Waals surface area contributed by atoms with Gasteiger partial charge in [-0.25, -0.2) is 0 Å². The maximum atomic E-state index is 9.76. The quantitative estimate of drug-likeness (QED) is 0.759. The van der Waals surface area contributed by atoms with Crippen LogP contribution in [-0.4, -0.2) is 11.7 Å². The Balaban J connectivity index is 2.24. The van der Waals surface area contributed by atoms with Crippen LogP contribution in [0.4, 0.5) is 5.69 Å². The third-order valence-electron chi connectivity index (χ3n) is 3.23. The molecule has 0 spiro atoms. The number of halogens is 2. The minimum absolute atomic E-state index is 0.243. The number of aryl methyl sites for hydroxylation is 1. The number of rotatable bonds is 4. The summed E-state index contributed by atoms with van der Waals surface area (Å²) in [6, 6.07) is 12.4. The zero-order valence-electron chi connectivity index (χ0n) is 11.5. The molecule has 4 heteroatoms. The molecule has 0 aliphatic heterocycles. The van der Waals surface area contributed by atoms with E-state index < -0.39 is 0 Å². The molecule has 20 heavy (non-hydrogen) atoms. The molecule has 2 rings (SSSR count). The Morgan fingerprint density at radius 1 is 1.05 bits per heavy atom. The van der Waals surface area contributed by atoms with E-state index in [1.807, 2.05) is 12.1 Å². The molecule has 2 aromatic carbocycles. The highest BCUT2D eigenvalue weighted by Gasteiger charge is 2.09. The molecule has 1 N–H and O–H groups in total. The second kappa shape index (κ2) is 6.64. The molecular formula is C16H17Br2NO. The summed E-state index contributed by atoms with van der Waals surface area (Å²) in [7, 11) is 0. The second-order valence-electron chi connectivity index (χ2n) is 4.76. The molecule has 0 heterocycles. The molecule has 0 saturated heterocycles. The molecule has 0 atom stereocenters. The molecule has 106 valence electrons. The van der Waals surface area contributed by atoms with E-state index in [9.17, 15) is 5.11 Å². The van der Waals surface area contributed by atoms with Gasteiger partial charge in [0.05, 0.1) is 8.95 Å². The van der Waals surface area contributed by atoms with Crippen LogP contribution in [0.3, 0.4) is 0 Å². The number of hydrogen-bond donors (Lipinski definition) is 1. The highest BCUT2D eigenvalue weighted by atomic mass is 79.9. The van der Waals surface area contributed by atoms with Crippen LogP contribution >= 0.6 is 31.9 Å². The standard InChI is InChI=1S/C16H17Br2NO/c1-3-19(13-6-4-11(2)5-7-13)10-12-8-14(17)16(20)15(18)9-12/h4-9,20H,3,10H2,1-2H3. The molecule has 2 nitrogen and oxygen atoms in total. The van der Waals surface area contributed by atoms with Gasteiger partial charge in [-0.15, -0.1) is 0 Å². The van der Waals surface area contributed by atoms with Crippen molar-refractivity contribution in [3.8, 4) is 5.75 Å². The van der Waals surface area contributed by atoms with E-state index in [0.29, 0.717) is 8.95 Å². The number of anilines is 1. The van der Waals surface area contributed by atoms with Crippen molar-refractivity contribution in [2.75, 3.05) is 11.4 Å². The maximum absolute atomic E-state index is 9.76.